The number of nitrogens with one attached hydrogen (secondary N) is 1. The summed E-state index contributed by atoms with van der Waals surface area (Å²) in [6.45, 7) is 0. The lowest BCUT2D eigenvalue weighted by atomic mass is 10.1. The Bertz CT molecular complexity index is 356. The fraction of sp³-hybridized carbons (Fsp3) is 0.636. The highest BCUT2D eigenvalue weighted by atomic mass is 35.5. The first-order valence-electron chi connectivity index (χ1n) is 5.57. The average Bonchev–Trinajstić information content (AvgIpc) is 2.66. The molecule has 4 nitrogen and oxygen atoms in total. The maximum Gasteiger partial charge on any atom is 0.149 e. The Kier molecular flexibility index (Phi) is 3.61. The zero-order valence-electron chi connectivity index (χ0n) is 9.65. The van der Waals surface area contributed by atoms with E-state index in [0.29, 0.717) is 17.2 Å². The number of likely N-dealkylation sites (N-methyl/N-ethyl adjacent to an activating group) is 1. The molecule has 2 atom stereocenters. The molecule has 0 aromatic carbocycles. The molecule has 0 spiro atoms. The Hall–Kier alpha value is -0.870. The Labute approximate surface area is 101 Å². The van der Waals surface area contributed by atoms with Crippen molar-refractivity contribution in [3.63, 3.8) is 0 Å². The molecule has 0 bridgehead atoms. The summed E-state index contributed by atoms with van der Waals surface area (Å²) < 4.78 is 0. The van der Waals surface area contributed by atoms with Gasteiger partial charge in [0.25, 0.3) is 0 Å². The largest absolute Gasteiger partial charge is 0.364 e. The van der Waals surface area contributed by atoms with Crippen LogP contribution in [0.25, 0.3) is 0 Å². The quantitative estimate of drug-likeness (QED) is 0.878. The number of aromatic nitrogens is 2. The fourth-order valence-corrected chi connectivity index (χ4v) is 2.48. The van der Waals surface area contributed by atoms with Gasteiger partial charge in [-0.1, -0.05) is 11.6 Å². The molecular weight excluding hydrogens is 224 g/mol. The summed E-state index contributed by atoms with van der Waals surface area (Å²) in [5.74, 6) is 0.770. The molecule has 5 heteroatoms. The molecule has 1 N–H and O–H groups in total. The number of hydrogen-bond acceptors (Lipinski definition) is 4. The van der Waals surface area contributed by atoms with Crippen molar-refractivity contribution in [3.8, 4) is 0 Å². The lowest BCUT2D eigenvalue weighted by Gasteiger charge is -2.27. The van der Waals surface area contributed by atoms with E-state index in [0.717, 1.165) is 5.82 Å². The predicted octanol–water partition coefficient (Wildman–Crippen LogP) is 2.02. The molecule has 1 fully saturated rings. The minimum absolute atomic E-state index is 0.435. The molecule has 0 radical (unpaired) electrons. The van der Waals surface area contributed by atoms with Crippen LogP contribution in [0.4, 0.5) is 5.82 Å². The van der Waals surface area contributed by atoms with Crippen LogP contribution < -0.4 is 5.32 Å². The van der Waals surface area contributed by atoms with Gasteiger partial charge in [0.15, 0.2) is 0 Å². The van der Waals surface area contributed by atoms with Crippen LogP contribution in [-0.2, 0) is 0 Å². The van der Waals surface area contributed by atoms with E-state index < -0.39 is 0 Å². The molecule has 0 amide bonds. The summed E-state index contributed by atoms with van der Waals surface area (Å²) >= 11 is 5.81. The van der Waals surface area contributed by atoms with E-state index in [2.05, 4.69) is 34.3 Å². The Morgan fingerprint density at radius 3 is 2.88 bits per heavy atom. The van der Waals surface area contributed by atoms with Crippen LogP contribution in [0.1, 0.15) is 19.3 Å². The molecule has 1 aromatic heterocycles. The summed E-state index contributed by atoms with van der Waals surface area (Å²) in [7, 11) is 4.24. The highest BCUT2D eigenvalue weighted by molar-refractivity contribution is 6.29. The van der Waals surface area contributed by atoms with Crippen LogP contribution in [0.2, 0.25) is 5.15 Å². The van der Waals surface area contributed by atoms with E-state index in [-0.39, 0.29) is 0 Å². The molecule has 1 heterocycles. The monoisotopic (exact) mass is 240 g/mol. The lowest BCUT2D eigenvalue weighted by molar-refractivity contribution is 0.285. The summed E-state index contributed by atoms with van der Waals surface area (Å²) in [6, 6.07) is 1.02. The van der Waals surface area contributed by atoms with Crippen LogP contribution in [-0.4, -0.2) is 41.0 Å². The van der Waals surface area contributed by atoms with E-state index >= 15 is 0 Å². The third kappa shape index (κ3) is 2.62. The van der Waals surface area contributed by atoms with Gasteiger partial charge < -0.3 is 10.2 Å². The van der Waals surface area contributed by atoms with E-state index in [1.807, 2.05) is 0 Å². The Morgan fingerprint density at radius 1 is 1.38 bits per heavy atom. The second-order valence-electron chi connectivity index (χ2n) is 4.44. The lowest BCUT2D eigenvalue weighted by Crippen LogP contribution is -2.39. The second kappa shape index (κ2) is 4.97. The van der Waals surface area contributed by atoms with Crippen molar-refractivity contribution in [2.75, 3.05) is 19.4 Å². The van der Waals surface area contributed by atoms with Gasteiger partial charge in [-0.25, -0.2) is 4.98 Å². The fourth-order valence-electron chi connectivity index (χ4n) is 2.33. The van der Waals surface area contributed by atoms with Gasteiger partial charge in [0.2, 0.25) is 0 Å². The van der Waals surface area contributed by atoms with Gasteiger partial charge in [-0.3, -0.25) is 4.98 Å². The van der Waals surface area contributed by atoms with Gasteiger partial charge in [-0.15, -0.1) is 0 Å². The van der Waals surface area contributed by atoms with Crippen LogP contribution in [0, 0.1) is 0 Å². The summed E-state index contributed by atoms with van der Waals surface area (Å²) in [5, 5.41) is 3.85. The first kappa shape index (κ1) is 11.6. The Balaban J connectivity index is 2.04. The molecule has 2 rings (SSSR count). The van der Waals surface area contributed by atoms with E-state index in [1.54, 1.807) is 12.4 Å². The third-order valence-electron chi connectivity index (χ3n) is 3.08. The molecule has 1 aliphatic carbocycles. The van der Waals surface area contributed by atoms with Gasteiger partial charge >= 0.3 is 0 Å². The maximum atomic E-state index is 5.81. The summed E-state index contributed by atoms with van der Waals surface area (Å²) in [6.07, 6.45) is 6.94. The SMILES string of the molecule is CN(C)[C@@H]1CCC[C@H]1Nc1cncc(Cl)n1. The number of halogens is 1. The highest BCUT2D eigenvalue weighted by Crippen LogP contribution is 2.25. The van der Waals surface area contributed by atoms with E-state index in [1.165, 1.54) is 19.3 Å². The topological polar surface area (TPSA) is 41.0 Å². The first-order valence-corrected chi connectivity index (χ1v) is 5.95. The van der Waals surface area contributed by atoms with Crippen molar-refractivity contribution in [2.45, 2.75) is 31.3 Å². The number of nitrogens with zero attached hydrogens (tertiary/aromatic N) is 3. The first-order chi connectivity index (χ1) is 7.66. The molecule has 0 saturated heterocycles. The molecule has 1 aromatic rings. The van der Waals surface area contributed by atoms with Crippen LogP contribution in [0.3, 0.4) is 0 Å². The van der Waals surface area contributed by atoms with Crippen LogP contribution in [0.15, 0.2) is 12.4 Å². The van der Waals surface area contributed by atoms with E-state index in [4.69, 9.17) is 11.6 Å². The maximum absolute atomic E-state index is 5.81. The van der Waals surface area contributed by atoms with Gasteiger partial charge in [0.05, 0.1) is 12.4 Å². The summed E-state index contributed by atoms with van der Waals surface area (Å²) in [4.78, 5) is 10.5. The smallest absolute Gasteiger partial charge is 0.149 e. The number of hydrogen-bond donors (Lipinski definition) is 1. The molecule has 1 aliphatic rings. The van der Waals surface area contributed by atoms with Gasteiger partial charge in [0.1, 0.15) is 11.0 Å². The zero-order chi connectivity index (χ0) is 11.5. The van der Waals surface area contributed by atoms with Crippen molar-refractivity contribution in [3.05, 3.63) is 17.5 Å². The molecule has 1 saturated carbocycles. The molecule has 0 unspecified atom stereocenters. The molecule has 88 valence electrons. The van der Waals surface area contributed by atoms with Crippen molar-refractivity contribution in [2.24, 2.45) is 0 Å². The number of anilines is 1. The van der Waals surface area contributed by atoms with Gasteiger partial charge in [-0.2, -0.15) is 0 Å². The average molecular weight is 241 g/mol. The van der Waals surface area contributed by atoms with Crippen LogP contribution in [0.5, 0.6) is 0 Å². The van der Waals surface area contributed by atoms with E-state index in [9.17, 15) is 0 Å². The standard InChI is InChI=1S/C11H17ClN4/c1-16(2)9-5-3-4-8(9)14-11-7-13-6-10(12)15-11/h6-9H,3-5H2,1-2H3,(H,14,15)/t8-,9-/m1/s1. The third-order valence-corrected chi connectivity index (χ3v) is 3.26. The minimum atomic E-state index is 0.435. The van der Waals surface area contributed by atoms with Crippen molar-refractivity contribution in [1.82, 2.24) is 14.9 Å². The highest BCUT2D eigenvalue weighted by Gasteiger charge is 2.28. The zero-order valence-corrected chi connectivity index (χ0v) is 10.4. The number of rotatable bonds is 3. The molecule has 0 aliphatic heterocycles. The van der Waals surface area contributed by atoms with Crippen molar-refractivity contribution in [1.29, 1.82) is 0 Å². The summed E-state index contributed by atoms with van der Waals surface area (Å²) in [5.41, 5.74) is 0. The van der Waals surface area contributed by atoms with Crippen LogP contribution >= 0.6 is 11.6 Å². The van der Waals surface area contributed by atoms with Gasteiger partial charge in [-0.05, 0) is 33.4 Å². The second-order valence-corrected chi connectivity index (χ2v) is 4.83. The Morgan fingerprint density at radius 2 is 2.19 bits per heavy atom. The predicted molar refractivity (Wildman–Crippen MR) is 65.8 cm³/mol. The van der Waals surface area contributed by atoms with Gasteiger partial charge in [0, 0.05) is 12.1 Å². The minimum Gasteiger partial charge on any atom is -0.364 e. The van der Waals surface area contributed by atoms with Crippen molar-refractivity contribution < 1.29 is 0 Å². The van der Waals surface area contributed by atoms with Crippen molar-refractivity contribution >= 4 is 17.4 Å². The molecular formula is C11H17ClN4. The molecule has 16 heavy (non-hydrogen) atoms. The normalized spacial score (nSPS) is 25.0.